The summed E-state index contributed by atoms with van der Waals surface area (Å²) in [5.74, 6) is -1.58. The number of halogens is 1. The van der Waals surface area contributed by atoms with Gasteiger partial charge in [0.15, 0.2) is 6.10 Å². The standard InChI is InChI=1S/C20H19FN2O3S/c1-13(20(25)23-15-8-3-2-7-14(15)21)26-19(24)12-6-11-18-22-16-9-4-5-10-17(16)27-18/h2-5,7-10,13H,6,11-12H2,1H3,(H,23,25)/t13-/m0/s1. The van der Waals surface area contributed by atoms with E-state index in [-0.39, 0.29) is 12.1 Å². The van der Waals surface area contributed by atoms with Crippen LogP contribution >= 0.6 is 11.3 Å². The van der Waals surface area contributed by atoms with Crippen molar-refractivity contribution >= 4 is 39.1 Å². The van der Waals surface area contributed by atoms with Crippen LogP contribution in [0.15, 0.2) is 48.5 Å². The van der Waals surface area contributed by atoms with Gasteiger partial charge in [0.05, 0.1) is 20.9 Å². The number of carbonyl (C=O) groups excluding carboxylic acids is 2. The number of esters is 1. The first kappa shape index (κ1) is 19.0. The zero-order valence-electron chi connectivity index (χ0n) is 14.8. The topological polar surface area (TPSA) is 68.3 Å². The summed E-state index contributed by atoms with van der Waals surface area (Å²) in [6, 6.07) is 13.7. The zero-order valence-corrected chi connectivity index (χ0v) is 15.6. The van der Waals surface area contributed by atoms with E-state index in [1.807, 2.05) is 24.3 Å². The minimum atomic E-state index is -1.00. The Morgan fingerprint density at radius 3 is 2.70 bits per heavy atom. The van der Waals surface area contributed by atoms with E-state index in [4.69, 9.17) is 4.74 Å². The molecule has 0 aliphatic carbocycles. The molecule has 1 amide bonds. The number of para-hydroxylation sites is 2. The molecule has 27 heavy (non-hydrogen) atoms. The van der Waals surface area contributed by atoms with Crippen LogP contribution in [0, 0.1) is 5.82 Å². The third kappa shape index (κ3) is 5.10. The summed E-state index contributed by atoms with van der Waals surface area (Å²) in [6.07, 6.45) is 0.442. The van der Waals surface area contributed by atoms with Crippen LogP contribution in [0.4, 0.5) is 10.1 Å². The average Bonchev–Trinajstić information content (AvgIpc) is 3.06. The van der Waals surface area contributed by atoms with E-state index in [1.165, 1.54) is 25.1 Å². The zero-order chi connectivity index (χ0) is 19.2. The molecular formula is C20H19FN2O3S. The molecule has 140 valence electrons. The monoisotopic (exact) mass is 386 g/mol. The third-order valence-electron chi connectivity index (χ3n) is 3.92. The number of nitrogens with zero attached hydrogens (tertiary/aromatic N) is 1. The lowest BCUT2D eigenvalue weighted by molar-refractivity contribution is -0.153. The molecule has 0 fully saturated rings. The number of thiazole rings is 1. The fourth-order valence-electron chi connectivity index (χ4n) is 2.52. The van der Waals surface area contributed by atoms with Crippen molar-refractivity contribution in [2.24, 2.45) is 0 Å². The normalized spacial score (nSPS) is 11.9. The minimum Gasteiger partial charge on any atom is -0.453 e. The number of ether oxygens (including phenoxy) is 1. The number of aromatic nitrogens is 1. The van der Waals surface area contributed by atoms with E-state index in [0.29, 0.717) is 12.8 Å². The predicted molar refractivity (Wildman–Crippen MR) is 103 cm³/mol. The molecule has 0 aliphatic heterocycles. The Kier molecular flexibility index (Phi) is 6.13. The first-order chi connectivity index (χ1) is 13.0. The van der Waals surface area contributed by atoms with Crippen molar-refractivity contribution in [3.63, 3.8) is 0 Å². The van der Waals surface area contributed by atoms with E-state index in [1.54, 1.807) is 17.4 Å². The summed E-state index contributed by atoms with van der Waals surface area (Å²) in [5, 5.41) is 3.38. The van der Waals surface area contributed by atoms with Gasteiger partial charge in [-0.15, -0.1) is 11.3 Å². The third-order valence-corrected chi connectivity index (χ3v) is 5.02. The lowest BCUT2D eigenvalue weighted by Gasteiger charge is -2.13. The lowest BCUT2D eigenvalue weighted by atomic mass is 10.2. The van der Waals surface area contributed by atoms with Gasteiger partial charge in [0, 0.05) is 6.42 Å². The number of amides is 1. The van der Waals surface area contributed by atoms with Crippen molar-refractivity contribution in [1.82, 2.24) is 4.98 Å². The molecular weight excluding hydrogens is 367 g/mol. The summed E-state index contributed by atoms with van der Waals surface area (Å²) in [7, 11) is 0. The number of benzene rings is 2. The first-order valence-electron chi connectivity index (χ1n) is 8.62. The number of hydrogen-bond acceptors (Lipinski definition) is 5. The summed E-state index contributed by atoms with van der Waals surface area (Å²) in [6.45, 7) is 1.46. The molecule has 0 aliphatic rings. The number of anilines is 1. The number of carbonyl (C=O) groups is 2. The number of nitrogens with one attached hydrogen (secondary N) is 1. The van der Waals surface area contributed by atoms with Gasteiger partial charge >= 0.3 is 5.97 Å². The Bertz CT molecular complexity index is 924. The van der Waals surface area contributed by atoms with Crippen molar-refractivity contribution in [3.8, 4) is 0 Å². The average molecular weight is 386 g/mol. The molecule has 1 atom stereocenters. The second kappa shape index (κ2) is 8.73. The number of rotatable bonds is 7. The maximum atomic E-state index is 13.6. The highest BCUT2D eigenvalue weighted by Gasteiger charge is 2.19. The molecule has 0 unspecified atom stereocenters. The van der Waals surface area contributed by atoms with Crippen LogP contribution in [0.25, 0.3) is 10.2 Å². The summed E-state index contributed by atoms with van der Waals surface area (Å²) in [5.41, 5.74) is 1.01. The predicted octanol–water partition coefficient (Wildman–Crippen LogP) is 4.33. The van der Waals surface area contributed by atoms with Crippen LogP contribution in [0.2, 0.25) is 0 Å². The fraction of sp³-hybridized carbons (Fsp3) is 0.250. The SMILES string of the molecule is C[C@H](OC(=O)CCCc1nc2ccccc2s1)C(=O)Nc1ccccc1F. The Morgan fingerprint density at radius 2 is 1.93 bits per heavy atom. The molecule has 1 N–H and O–H groups in total. The van der Waals surface area contributed by atoms with Gasteiger partial charge < -0.3 is 10.1 Å². The first-order valence-corrected chi connectivity index (χ1v) is 9.44. The van der Waals surface area contributed by atoms with Gasteiger partial charge in [0.25, 0.3) is 5.91 Å². The van der Waals surface area contributed by atoms with Crippen LogP contribution in [-0.4, -0.2) is 23.0 Å². The Labute approximate surface area is 160 Å². The van der Waals surface area contributed by atoms with Crippen molar-refractivity contribution in [2.45, 2.75) is 32.3 Å². The summed E-state index contributed by atoms with van der Waals surface area (Å²) < 4.78 is 19.8. The Hall–Kier alpha value is -2.80. The van der Waals surface area contributed by atoms with Gasteiger partial charge in [-0.3, -0.25) is 9.59 Å². The van der Waals surface area contributed by atoms with E-state index in [9.17, 15) is 14.0 Å². The second-order valence-corrected chi connectivity index (χ2v) is 7.15. The quantitative estimate of drug-likeness (QED) is 0.614. The van der Waals surface area contributed by atoms with Crippen molar-refractivity contribution in [3.05, 3.63) is 59.4 Å². The van der Waals surface area contributed by atoms with Gasteiger partial charge in [-0.1, -0.05) is 24.3 Å². The second-order valence-electron chi connectivity index (χ2n) is 6.03. The maximum absolute atomic E-state index is 13.6. The van der Waals surface area contributed by atoms with E-state index < -0.39 is 23.8 Å². The largest absolute Gasteiger partial charge is 0.453 e. The molecule has 0 radical (unpaired) electrons. The van der Waals surface area contributed by atoms with E-state index in [0.717, 1.165) is 15.2 Å². The van der Waals surface area contributed by atoms with Crippen LogP contribution in [0.3, 0.4) is 0 Å². The van der Waals surface area contributed by atoms with Gasteiger partial charge in [-0.25, -0.2) is 9.37 Å². The van der Waals surface area contributed by atoms with Crippen LogP contribution in [0.5, 0.6) is 0 Å². The summed E-state index contributed by atoms with van der Waals surface area (Å²) >= 11 is 1.61. The highest BCUT2D eigenvalue weighted by molar-refractivity contribution is 7.18. The van der Waals surface area contributed by atoms with Gasteiger partial charge in [0.2, 0.25) is 0 Å². The molecule has 2 aromatic carbocycles. The molecule has 5 nitrogen and oxygen atoms in total. The molecule has 1 heterocycles. The molecule has 0 saturated carbocycles. The van der Waals surface area contributed by atoms with E-state index >= 15 is 0 Å². The Morgan fingerprint density at radius 1 is 1.19 bits per heavy atom. The number of aryl methyl sites for hydroxylation is 1. The van der Waals surface area contributed by atoms with Crippen molar-refractivity contribution in [2.75, 3.05) is 5.32 Å². The van der Waals surface area contributed by atoms with Crippen LogP contribution in [-0.2, 0) is 20.7 Å². The molecule has 0 spiro atoms. The number of fused-ring (bicyclic) bond motifs is 1. The summed E-state index contributed by atoms with van der Waals surface area (Å²) in [4.78, 5) is 28.5. The number of hydrogen-bond donors (Lipinski definition) is 1. The van der Waals surface area contributed by atoms with Crippen molar-refractivity contribution in [1.29, 1.82) is 0 Å². The van der Waals surface area contributed by atoms with Gasteiger partial charge in [-0.05, 0) is 44.0 Å². The molecule has 1 aromatic heterocycles. The molecule has 0 bridgehead atoms. The van der Waals surface area contributed by atoms with Gasteiger partial charge in [-0.2, -0.15) is 0 Å². The smallest absolute Gasteiger partial charge is 0.306 e. The Balaban J connectivity index is 1.44. The molecule has 7 heteroatoms. The molecule has 3 rings (SSSR count). The van der Waals surface area contributed by atoms with Crippen molar-refractivity contribution < 1.29 is 18.7 Å². The van der Waals surface area contributed by atoms with Crippen LogP contribution < -0.4 is 5.32 Å². The minimum absolute atomic E-state index is 0.0567. The molecule has 3 aromatic rings. The lowest BCUT2D eigenvalue weighted by Crippen LogP contribution is -2.30. The molecule has 0 saturated heterocycles. The fourth-order valence-corrected chi connectivity index (χ4v) is 3.53. The highest BCUT2D eigenvalue weighted by Crippen LogP contribution is 2.22. The van der Waals surface area contributed by atoms with Crippen LogP contribution in [0.1, 0.15) is 24.8 Å². The van der Waals surface area contributed by atoms with Gasteiger partial charge in [0.1, 0.15) is 5.82 Å². The van der Waals surface area contributed by atoms with E-state index in [2.05, 4.69) is 10.3 Å². The maximum Gasteiger partial charge on any atom is 0.306 e. The highest BCUT2D eigenvalue weighted by atomic mass is 32.1.